The maximum atomic E-state index is 11.8. The lowest BCUT2D eigenvalue weighted by Gasteiger charge is -2.37. The molecule has 1 unspecified atom stereocenters. The van der Waals surface area contributed by atoms with Gasteiger partial charge in [-0.05, 0) is 25.8 Å². The van der Waals surface area contributed by atoms with Crippen molar-refractivity contribution < 1.29 is 14.7 Å². The molecule has 0 saturated carbocycles. The lowest BCUT2D eigenvalue weighted by Crippen LogP contribution is -2.48. The fraction of sp³-hybridized carbons (Fsp3) is 0.846. The molecule has 2 fully saturated rings. The van der Waals surface area contributed by atoms with Crippen LogP contribution in [0.3, 0.4) is 0 Å². The third-order valence-corrected chi connectivity index (χ3v) is 4.20. The number of urea groups is 1. The number of likely N-dealkylation sites (tertiary alicyclic amines) is 2. The number of hydrogen-bond donors (Lipinski definition) is 1. The van der Waals surface area contributed by atoms with Gasteiger partial charge in [-0.25, -0.2) is 4.79 Å². The van der Waals surface area contributed by atoms with Crippen LogP contribution < -0.4 is 0 Å². The fourth-order valence-electron chi connectivity index (χ4n) is 3.03. The molecule has 2 aliphatic rings. The Morgan fingerprint density at radius 3 is 2.21 bits per heavy atom. The van der Waals surface area contributed by atoms with E-state index in [-0.39, 0.29) is 11.9 Å². The van der Waals surface area contributed by atoms with Gasteiger partial charge in [0.2, 0.25) is 0 Å². The van der Waals surface area contributed by atoms with Crippen molar-refractivity contribution in [3.8, 4) is 0 Å². The van der Waals surface area contributed by atoms with E-state index < -0.39 is 5.97 Å². The molecule has 0 spiro atoms. The molecule has 2 aliphatic heterocycles. The lowest BCUT2D eigenvalue weighted by atomic mass is 10.0. The molecular formula is C13H23N3O3. The molecule has 2 heterocycles. The molecular weight excluding hydrogens is 246 g/mol. The van der Waals surface area contributed by atoms with E-state index in [0.29, 0.717) is 12.6 Å². The van der Waals surface area contributed by atoms with Crippen LogP contribution in [0.25, 0.3) is 0 Å². The number of carbonyl (C=O) groups is 2. The SMILES string of the molecule is CN(C)C(=O)N1CCC(N2CCC(C(=O)O)C2)CC1. The fourth-order valence-corrected chi connectivity index (χ4v) is 3.03. The molecule has 2 amide bonds. The van der Waals surface area contributed by atoms with Gasteiger partial charge in [0.15, 0.2) is 0 Å². The van der Waals surface area contributed by atoms with E-state index in [1.807, 2.05) is 4.90 Å². The summed E-state index contributed by atoms with van der Waals surface area (Å²) in [7, 11) is 3.54. The Kier molecular flexibility index (Phi) is 4.29. The Bertz CT molecular complexity index is 351. The summed E-state index contributed by atoms with van der Waals surface area (Å²) in [6.45, 7) is 3.09. The van der Waals surface area contributed by atoms with Crippen molar-refractivity contribution in [3.63, 3.8) is 0 Å². The van der Waals surface area contributed by atoms with E-state index in [1.165, 1.54) is 0 Å². The van der Waals surface area contributed by atoms with Crippen molar-refractivity contribution in [2.24, 2.45) is 5.92 Å². The van der Waals surface area contributed by atoms with E-state index in [2.05, 4.69) is 4.90 Å². The number of carboxylic acid groups (broad SMARTS) is 1. The summed E-state index contributed by atoms with van der Waals surface area (Å²) in [6, 6.07) is 0.513. The van der Waals surface area contributed by atoms with Gasteiger partial charge in [0.25, 0.3) is 0 Å². The van der Waals surface area contributed by atoms with Crippen LogP contribution in [0.5, 0.6) is 0 Å². The molecule has 0 aliphatic carbocycles. The minimum absolute atomic E-state index is 0.0725. The highest BCUT2D eigenvalue weighted by Gasteiger charge is 2.34. The van der Waals surface area contributed by atoms with Crippen LogP contribution in [0.1, 0.15) is 19.3 Å². The van der Waals surface area contributed by atoms with Gasteiger partial charge in [0.05, 0.1) is 5.92 Å². The number of amides is 2. The average Bonchev–Trinajstić information content (AvgIpc) is 2.87. The van der Waals surface area contributed by atoms with Gasteiger partial charge in [-0.2, -0.15) is 0 Å². The van der Waals surface area contributed by atoms with Gasteiger partial charge in [-0.1, -0.05) is 0 Å². The molecule has 6 heteroatoms. The van der Waals surface area contributed by atoms with Crippen molar-refractivity contribution in [3.05, 3.63) is 0 Å². The Labute approximate surface area is 114 Å². The van der Waals surface area contributed by atoms with Gasteiger partial charge in [-0.15, -0.1) is 0 Å². The minimum Gasteiger partial charge on any atom is -0.481 e. The molecule has 1 atom stereocenters. The van der Waals surface area contributed by atoms with E-state index in [4.69, 9.17) is 5.11 Å². The Morgan fingerprint density at radius 1 is 1.11 bits per heavy atom. The molecule has 0 aromatic rings. The number of carbonyl (C=O) groups excluding carboxylic acids is 1. The zero-order chi connectivity index (χ0) is 14.0. The summed E-state index contributed by atoms with van der Waals surface area (Å²) >= 11 is 0. The molecule has 19 heavy (non-hydrogen) atoms. The zero-order valence-electron chi connectivity index (χ0n) is 11.7. The second-order valence-electron chi connectivity index (χ2n) is 5.71. The Morgan fingerprint density at radius 2 is 1.74 bits per heavy atom. The molecule has 0 radical (unpaired) electrons. The number of piperidine rings is 1. The maximum Gasteiger partial charge on any atom is 0.319 e. The quantitative estimate of drug-likeness (QED) is 0.794. The van der Waals surface area contributed by atoms with Crippen LogP contribution in [0.4, 0.5) is 4.79 Å². The van der Waals surface area contributed by atoms with Crippen molar-refractivity contribution >= 4 is 12.0 Å². The van der Waals surface area contributed by atoms with E-state index in [0.717, 1.165) is 38.9 Å². The number of nitrogens with zero attached hydrogens (tertiary/aromatic N) is 3. The molecule has 0 aromatic heterocycles. The van der Waals surface area contributed by atoms with Crippen LogP contribution in [0.2, 0.25) is 0 Å². The summed E-state index contributed by atoms with van der Waals surface area (Å²) in [5, 5.41) is 9.02. The maximum absolute atomic E-state index is 11.8. The van der Waals surface area contributed by atoms with E-state index >= 15 is 0 Å². The highest BCUT2D eigenvalue weighted by Crippen LogP contribution is 2.24. The van der Waals surface area contributed by atoms with Gasteiger partial charge >= 0.3 is 12.0 Å². The minimum atomic E-state index is -0.678. The zero-order valence-corrected chi connectivity index (χ0v) is 11.7. The highest BCUT2D eigenvalue weighted by atomic mass is 16.4. The normalized spacial score (nSPS) is 25.6. The van der Waals surface area contributed by atoms with Crippen LogP contribution in [-0.4, -0.2) is 78.1 Å². The predicted molar refractivity (Wildman–Crippen MR) is 71.0 cm³/mol. The van der Waals surface area contributed by atoms with Crippen LogP contribution in [0.15, 0.2) is 0 Å². The monoisotopic (exact) mass is 269 g/mol. The third-order valence-electron chi connectivity index (χ3n) is 4.20. The summed E-state index contributed by atoms with van der Waals surface area (Å²) in [4.78, 5) is 28.6. The summed E-state index contributed by atoms with van der Waals surface area (Å²) in [5.41, 5.74) is 0. The van der Waals surface area contributed by atoms with Crippen molar-refractivity contribution in [2.45, 2.75) is 25.3 Å². The first-order valence-electron chi connectivity index (χ1n) is 6.92. The molecule has 108 valence electrons. The summed E-state index contributed by atoms with van der Waals surface area (Å²) < 4.78 is 0. The van der Waals surface area contributed by atoms with Crippen LogP contribution in [0, 0.1) is 5.92 Å². The molecule has 0 bridgehead atoms. The average molecular weight is 269 g/mol. The smallest absolute Gasteiger partial charge is 0.319 e. The second-order valence-corrected chi connectivity index (χ2v) is 5.71. The number of rotatable bonds is 2. The van der Waals surface area contributed by atoms with Gasteiger partial charge in [0, 0.05) is 39.8 Å². The molecule has 0 aromatic carbocycles. The molecule has 1 N–H and O–H groups in total. The Hall–Kier alpha value is -1.30. The number of carboxylic acids is 1. The second kappa shape index (κ2) is 5.77. The van der Waals surface area contributed by atoms with Gasteiger partial charge in [-0.3, -0.25) is 9.69 Å². The van der Waals surface area contributed by atoms with Crippen molar-refractivity contribution in [1.82, 2.24) is 14.7 Å². The van der Waals surface area contributed by atoms with Crippen molar-refractivity contribution in [2.75, 3.05) is 40.3 Å². The van der Waals surface area contributed by atoms with Crippen molar-refractivity contribution in [1.29, 1.82) is 0 Å². The number of aliphatic carboxylic acids is 1. The van der Waals surface area contributed by atoms with Crippen LogP contribution in [-0.2, 0) is 4.79 Å². The van der Waals surface area contributed by atoms with Crippen LogP contribution >= 0.6 is 0 Å². The van der Waals surface area contributed by atoms with Gasteiger partial charge < -0.3 is 14.9 Å². The Balaban J connectivity index is 1.81. The lowest BCUT2D eigenvalue weighted by molar-refractivity contribution is -0.141. The molecule has 2 saturated heterocycles. The summed E-state index contributed by atoms with van der Waals surface area (Å²) in [6.07, 6.45) is 2.66. The predicted octanol–water partition coefficient (Wildman–Crippen LogP) is 0.539. The first-order valence-corrected chi connectivity index (χ1v) is 6.92. The van der Waals surface area contributed by atoms with Gasteiger partial charge in [0.1, 0.15) is 0 Å². The highest BCUT2D eigenvalue weighted by molar-refractivity contribution is 5.73. The topological polar surface area (TPSA) is 64.1 Å². The van der Waals surface area contributed by atoms with E-state index in [9.17, 15) is 9.59 Å². The molecule has 6 nitrogen and oxygen atoms in total. The first-order chi connectivity index (χ1) is 8.99. The largest absolute Gasteiger partial charge is 0.481 e. The standard InChI is InChI=1S/C13H23N3O3/c1-14(2)13(19)15-7-4-11(5-8-15)16-6-3-10(9-16)12(17)18/h10-11H,3-9H2,1-2H3,(H,17,18). The molecule has 2 rings (SSSR count). The first kappa shape index (κ1) is 14.1. The summed E-state index contributed by atoms with van der Waals surface area (Å²) in [5.74, 6) is -0.885. The number of hydrogen-bond acceptors (Lipinski definition) is 3. The van der Waals surface area contributed by atoms with E-state index in [1.54, 1.807) is 19.0 Å². The third kappa shape index (κ3) is 3.18.